The molecule has 3 heteroatoms. The maximum Gasteiger partial charge on any atom is 0.128 e. The van der Waals surface area contributed by atoms with Crippen LogP contribution in [0.4, 0.5) is 0 Å². The molecule has 0 amide bonds. The third kappa shape index (κ3) is 2.66. The highest BCUT2D eigenvalue weighted by Crippen LogP contribution is 2.38. The highest BCUT2D eigenvalue weighted by atomic mass is 16.5. The summed E-state index contributed by atoms with van der Waals surface area (Å²) in [5.41, 5.74) is 3.46. The van der Waals surface area contributed by atoms with Gasteiger partial charge in [-0.2, -0.15) is 5.26 Å². The van der Waals surface area contributed by atoms with E-state index in [4.69, 9.17) is 10.00 Å². The van der Waals surface area contributed by atoms with Gasteiger partial charge in [0.05, 0.1) is 23.9 Å². The number of pyridine rings is 1. The molecule has 21 heavy (non-hydrogen) atoms. The Hall–Kier alpha value is -2.60. The molecule has 0 aliphatic carbocycles. The van der Waals surface area contributed by atoms with Crippen molar-refractivity contribution in [2.45, 2.75) is 13.8 Å². The Morgan fingerprint density at radius 3 is 2.81 bits per heavy atom. The first-order chi connectivity index (χ1) is 10.1. The van der Waals surface area contributed by atoms with Gasteiger partial charge in [-0.25, -0.2) is 0 Å². The second-order valence-electron chi connectivity index (χ2n) is 5.87. The molecule has 0 spiro atoms. The van der Waals surface area contributed by atoms with Gasteiger partial charge in [-0.15, -0.1) is 0 Å². The first kappa shape index (κ1) is 13.4. The molecule has 0 saturated heterocycles. The highest BCUT2D eigenvalue weighted by molar-refractivity contribution is 5.82. The van der Waals surface area contributed by atoms with Crippen LogP contribution in [0.3, 0.4) is 0 Å². The fourth-order valence-corrected chi connectivity index (χ4v) is 2.44. The van der Waals surface area contributed by atoms with Crippen LogP contribution < -0.4 is 4.74 Å². The van der Waals surface area contributed by atoms with Crippen molar-refractivity contribution in [3.8, 4) is 11.8 Å². The topological polar surface area (TPSA) is 45.9 Å². The lowest BCUT2D eigenvalue weighted by molar-refractivity contribution is 0.225. The molecule has 1 aliphatic heterocycles. The van der Waals surface area contributed by atoms with Crippen molar-refractivity contribution in [3.05, 3.63) is 65.5 Å². The standard InChI is InChI=1S/C18H16N2O/c1-18(2)10-15(16-5-3-4-8-20-16)14-7-6-13(11-19)9-17(14)21-12-18/h3-10H,12H2,1-2H3. The Kier molecular flexibility index (Phi) is 3.23. The number of benzene rings is 1. The molecule has 0 unspecified atom stereocenters. The van der Waals surface area contributed by atoms with Crippen molar-refractivity contribution < 1.29 is 4.74 Å². The molecular weight excluding hydrogens is 260 g/mol. The quantitative estimate of drug-likeness (QED) is 0.795. The molecule has 0 fully saturated rings. The number of ether oxygens (including phenoxy) is 1. The number of nitrogens with zero attached hydrogens (tertiary/aromatic N) is 2. The van der Waals surface area contributed by atoms with E-state index in [1.54, 1.807) is 12.3 Å². The van der Waals surface area contributed by atoms with Crippen LogP contribution in [0.5, 0.6) is 5.75 Å². The highest BCUT2D eigenvalue weighted by Gasteiger charge is 2.25. The van der Waals surface area contributed by atoms with Crippen molar-refractivity contribution in [2.75, 3.05) is 6.61 Å². The minimum Gasteiger partial charge on any atom is -0.492 e. The molecule has 1 aliphatic rings. The van der Waals surface area contributed by atoms with E-state index in [2.05, 4.69) is 31.0 Å². The van der Waals surface area contributed by atoms with Crippen molar-refractivity contribution in [2.24, 2.45) is 5.41 Å². The fraction of sp³-hybridized carbons (Fsp3) is 0.222. The van der Waals surface area contributed by atoms with Gasteiger partial charge in [-0.3, -0.25) is 4.98 Å². The third-order valence-electron chi connectivity index (χ3n) is 3.48. The van der Waals surface area contributed by atoms with Gasteiger partial charge >= 0.3 is 0 Å². The first-order valence-corrected chi connectivity index (χ1v) is 6.91. The number of hydrogen-bond donors (Lipinski definition) is 0. The van der Waals surface area contributed by atoms with Gasteiger partial charge in [0.25, 0.3) is 0 Å². The molecule has 2 aromatic rings. The van der Waals surface area contributed by atoms with Crippen LogP contribution >= 0.6 is 0 Å². The average molecular weight is 276 g/mol. The molecule has 1 aromatic heterocycles. The predicted octanol–water partition coefficient (Wildman–Crippen LogP) is 3.80. The zero-order chi connectivity index (χ0) is 14.9. The summed E-state index contributed by atoms with van der Waals surface area (Å²) in [6, 6.07) is 13.6. The fourth-order valence-electron chi connectivity index (χ4n) is 2.44. The van der Waals surface area contributed by atoms with Crippen LogP contribution in [0.15, 0.2) is 48.7 Å². The van der Waals surface area contributed by atoms with Gasteiger partial charge in [0, 0.05) is 22.7 Å². The molecule has 0 atom stereocenters. The largest absolute Gasteiger partial charge is 0.492 e. The molecule has 0 saturated carbocycles. The van der Waals surface area contributed by atoms with Gasteiger partial charge in [-0.1, -0.05) is 26.0 Å². The van der Waals surface area contributed by atoms with E-state index < -0.39 is 0 Å². The molecular formula is C18H16N2O. The lowest BCUT2D eigenvalue weighted by Gasteiger charge is -2.18. The molecule has 0 N–H and O–H groups in total. The molecule has 3 rings (SSSR count). The van der Waals surface area contributed by atoms with Gasteiger partial charge in [-0.05, 0) is 30.3 Å². The maximum atomic E-state index is 9.06. The number of nitriles is 1. The van der Waals surface area contributed by atoms with E-state index in [-0.39, 0.29) is 5.41 Å². The average Bonchev–Trinajstić information content (AvgIpc) is 2.64. The van der Waals surface area contributed by atoms with E-state index in [1.165, 1.54) is 0 Å². The summed E-state index contributed by atoms with van der Waals surface area (Å²) < 4.78 is 5.93. The number of hydrogen-bond acceptors (Lipinski definition) is 3. The summed E-state index contributed by atoms with van der Waals surface area (Å²) in [5.74, 6) is 0.747. The maximum absolute atomic E-state index is 9.06. The zero-order valence-corrected chi connectivity index (χ0v) is 12.1. The van der Waals surface area contributed by atoms with Crippen LogP contribution in [0, 0.1) is 16.7 Å². The molecule has 3 nitrogen and oxygen atoms in total. The van der Waals surface area contributed by atoms with Crippen molar-refractivity contribution in [1.82, 2.24) is 4.98 Å². The molecule has 1 aromatic carbocycles. The van der Waals surface area contributed by atoms with E-state index >= 15 is 0 Å². The Balaban J connectivity index is 2.20. The van der Waals surface area contributed by atoms with Crippen LogP contribution in [0.2, 0.25) is 0 Å². The number of fused-ring (bicyclic) bond motifs is 1. The van der Waals surface area contributed by atoms with Crippen LogP contribution in [0.25, 0.3) is 5.57 Å². The molecule has 0 bridgehead atoms. The smallest absolute Gasteiger partial charge is 0.128 e. The Morgan fingerprint density at radius 2 is 2.10 bits per heavy atom. The van der Waals surface area contributed by atoms with E-state index in [1.807, 2.05) is 30.3 Å². The molecule has 2 heterocycles. The summed E-state index contributed by atoms with van der Waals surface area (Å²) >= 11 is 0. The van der Waals surface area contributed by atoms with Crippen LogP contribution in [-0.2, 0) is 0 Å². The van der Waals surface area contributed by atoms with E-state index in [0.717, 1.165) is 22.6 Å². The monoisotopic (exact) mass is 276 g/mol. The van der Waals surface area contributed by atoms with E-state index in [9.17, 15) is 0 Å². The summed E-state index contributed by atoms with van der Waals surface area (Å²) in [5, 5.41) is 9.06. The van der Waals surface area contributed by atoms with E-state index in [0.29, 0.717) is 12.2 Å². The number of aromatic nitrogens is 1. The third-order valence-corrected chi connectivity index (χ3v) is 3.48. The molecule has 0 radical (unpaired) electrons. The van der Waals surface area contributed by atoms with Gasteiger partial charge in [0.15, 0.2) is 0 Å². The SMILES string of the molecule is CC1(C)C=C(c2ccccn2)c2ccc(C#N)cc2OC1. The van der Waals surface area contributed by atoms with Gasteiger partial charge < -0.3 is 4.74 Å². The lowest BCUT2D eigenvalue weighted by atomic mass is 9.89. The van der Waals surface area contributed by atoms with Crippen molar-refractivity contribution in [1.29, 1.82) is 5.26 Å². The summed E-state index contributed by atoms with van der Waals surface area (Å²) in [4.78, 5) is 4.46. The minimum atomic E-state index is -0.0985. The predicted molar refractivity (Wildman–Crippen MR) is 81.7 cm³/mol. The lowest BCUT2D eigenvalue weighted by Crippen LogP contribution is -2.17. The van der Waals surface area contributed by atoms with Crippen molar-refractivity contribution >= 4 is 5.57 Å². The first-order valence-electron chi connectivity index (χ1n) is 6.91. The number of rotatable bonds is 1. The Labute approximate surface area is 124 Å². The second kappa shape index (κ2) is 5.06. The zero-order valence-electron chi connectivity index (χ0n) is 12.1. The van der Waals surface area contributed by atoms with Gasteiger partial charge in [0.2, 0.25) is 0 Å². The van der Waals surface area contributed by atoms with Crippen LogP contribution in [0.1, 0.15) is 30.7 Å². The summed E-state index contributed by atoms with van der Waals surface area (Å²) in [6.45, 7) is 4.84. The minimum absolute atomic E-state index is 0.0985. The van der Waals surface area contributed by atoms with Gasteiger partial charge in [0.1, 0.15) is 5.75 Å². The summed E-state index contributed by atoms with van der Waals surface area (Å²) in [7, 11) is 0. The van der Waals surface area contributed by atoms with Crippen molar-refractivity contribution in [3.63, 3.8) is 0 Å². The normalized spacial score (nSPS) is 16.0. The Morgan fingerprint density at radius 1 is 1.24 bits per heavy atom. The summed E-state index contributed by atoms with van der Waals surface area (Å²) in [6.07, 6.45) is 3.99. The van der Waals surface area contributed by atoms with Crippen LogP contribution in [-0.4, -0.2) is 11.6 Å². The second-order valence-corrected chi connectivity index (χ2v) is 5.87. The molecule has 104 valence electrons. The Bertz CT molecular complexity index is 740.